The van der Waals surface area contributed by atoms with Crippen molar-refractivity contribution in [1.29, 1.82) is 0 Å². The van der Waals surface area contributed by atoms with E-state index < -0.39 is 0 Å². The van der Waals surface area contributed by atoms with Crippen molar-refractivity contribution in [3.8, 4) is 5.75 Å². The number of aromatic nitrogens is 2. The van der Waals surface area contributed by atoms with Crippen LogP contribution in [0.2, 0.25) is 0 Å². The molecule has 0 aliphatic heterocycles. The third-order valence-electron chi connectivity index (χ3n) is 2.90. The maximum atomic E-state index is 12.1. The summed E-state index contributed by atoms with van der Waals surface area (Å²) in [7, 11) is 1.81. The standard InChI is InChI=1S/C16H18N2O2/c1-4-20-14-8-5-13(6-9-14)7-10-16(19)15-11-18(3)17-12(15)2/h5-11H,4H2,1-3H3. The van der Waals surface area contributed by atoms with Gasteiger partial charge in [-0.05, 0) is 37.6 Å². The van der Waals surface area contributed by atoms with Crippen molar-refractivity contribution in [3.05, 3.63) is 53.4 Å². The van der Waals surface area contributed by atoms with Crippen LogP contribution in [0.4, 0.5) is 0 Å². The summed E-state index contributed by atoms with van der Waals surface area (Å²) < 4.78 is 7.02. The van der Waals surface area contributed by atoms with Crippen LogP contribution in [0.5, 0.6) is 5.75 Å². The summed E-state index contributed by atoms with van der Waals surface area (Å²) in [4.78, 5) is 12.1. The molecule has 0 saturated heterocycles. The number of allylic oxidation sites excluding steroid dienone is 1. The van der Waals surface area contributed by atoms with Gasteiger partial charge in [-0.1, -0.05) is 18.2 Å². The van der Waals surface area contributed by atoms with Gasteiger partial charge in [0.15, 0.2) is 5.78 Å². The lowest BCUT2D eigenvalue weighted by molar-refractivity contribution is 0.104. The number of rotatable bonds is 5. The Morgan fingerprint density at radius 2 is 2.05 bits per heavy atom. The van der Waals surface area contributed by atoms with Crippen LogP contribution in [0.25, 0.3) is 6.08 Å². The molecule has 0 aliphatic carbocycles. The van der Waals surface area contributed by atoms with Crippen molar-refractivity contribution in [2.24, 2.45) is 7.05 Å². The van der Waals surface area contributed by atoms with Gasteiger partial charge in [0.1, 0.15) is 5.75 Å². The molecule has 1 aromatic heterocycles. The zero-order chi connectivity index (χ0) is 14.5. The van der Waals surface area contributed by atoms with E-state index in [1.165, 1.54) is 0 Å². The molecule has 0 spiro atoms. The van der Waals surface area contributed by atoms with Crippen molar-refractivity contribution in [1.82, 2.24) is 9.78 Å². The Morgan fingerprint density at radius 3 is 2.60 bits per heavy atom. The Morgan fingerprint density at radius 1 is 1.35 bits per heavy atom. The van der Waals surface area contributed by atoms with Crippen LogP contribution >= 0.6 is 0 Å². The molecule has 20 heavy (non-hydrogen) atoms. The molecule has 0 atom stereocenters. The van der Waals surface area contributed by atoms with Crippen LogP contribution < -0.4 is 4.74 Å². The normalized spacial score (nSPS) is 10.9. The first-order valence-electron chi connectivity index (χ1n) is 6.55. The lowest BCUT2D eigenvalue weighted by Gasteiger charge is -2.02. The van der Waals surface area contributed by atoms with Gasteiger partial charge in [0, 0.05) is 13.2 Å². The van der Waals surface area contributed by atoms with E-state index in [1.54, 1.807) is 30.1 Å². The van der Waals surface area contributed by atoms with E-state index in [4.69, 9.17) is 4.74 Å². The van der Waals surface area contributed by atoms with E-state index in [-0.39, 0.29) is 5.78 Å². The van der Waals surface area contributed by atoms with Crippen LogP contribution in [0.3, 0.4) is 0 Å². The van der Waals surface area contributed by atoms with Crippen LogP contribution in [-0.2, 0) is 7.05 Å². The number of benzene rings is 1. The second-order valence-corrected chi connectivity index (χ2v) is 4.50. The fourth-order valence-corrected chi connectivity index (χ4v) is 1.95. The largest absolute Gasteiger partial charge is 0.494 e. The minimum atomic E-state index is -0.0375. The van der Waals surface area contributed by atoms with Gasteiger partial charge in [-0.25, -0.2) is 0 Å². The molecule has 0 saturated carbocycles. The molecule has 0 fully saturated rings. The van der Waals surface area contributed by atoms with Gasteiger partial charge in [-0.3, -0.25) is 9.48 Å². The average Bonchev–Trinajstić information content (AvgIpc) is 2.77. The van der Waals surface area contributed by atoms with Gasteiger partial charge in [-0.2, -0.15) is 5.10 Å². The highest BCUT2D eigenvalue weighted by molar-refractivity contribution is 6.07. The summed E-state index contributed by atoms with van der Waals surface area (Å²) in [5.41, 5.74) is 2.34. The Balaban J connectivity index is 2.09. The summed E-state index contributed by atoms with van der Waals surface area (Å²) in [5.74, 6) is 0.795. The van der Waals surface area contributed by atoms with Crippen molar-refractivity contribution >= 4 is 11.9 Å². The fraction of sp³-hybridized carbons (Fsp3) is 0.250. The molecule has 0 unspecified atom stereocenters. The molecule has 0 N–H and O–H groups in total. The molecule has 104 valence electrons. The van der Waals surface area contributed by atoms with Crippen LogP contribution in [0.15, 0.2) is 36.5 Å². The third-order valence-corrected chi connectivity index (χ3v) is 2.90. The average molecular weight is 270 g/mol. The summed E-state index contributed by atoms with van der Waals surface area (Å²) >= 11 is 0. The van der Waals surface area contributed by atoms with E-state index >= 15 is 0 Å². The number of aryl methyl sites for hydroxylation is 2. The smallest absolute Gasteiger partial charge is 0.189 e. The highest BCUT2D eigenvalue weighted by Gasteiger charge is 2.09. The number of ketones is 1. The number of ether oxygens (including phenoxy) is 1. The monoisotopic (exact) mass is 270 g/mol. The highest BCUT2D eigenvalue weighted by Crippen LogP contribution is 2.14. The molecule has 0 aliphatic rings. The van der Waals surface area contributed by atoms with Gasteiger partial charge in [-0.15, -0.1) is 0 Å². The van der Waals surface area contributed by atoms with Crippen molar-refractivity contribution < 1.29 is 9.53 Å². The lowest BCUT2D eigenvalue weighted by atomic mass is 10.1. The number of hydrogen-bond donors (Lipinski definition) is 0. The van der Waals surface area contributed by atoms with E-state index in [0.717, 1.165) is 17.0 Å². The first-order chi connectivity index (χ1) is 9.60. The Labute approximate surface area is 118 Å². The molecular weight excluding hydrogens is 252 g/mol. The summed E-state index contributed by atoms with van der Waals surface area (Å²) in [6.07, 6.45) is 5.10. The molecule has 4 nitrogen and oxygen atoms in total. The van der Waals surface area contributed by atoms with Gasteiger partial charge < -0.3 is 4.74 Å². The lowest BCUT2D eigenvalue weighted by Crippen LogP contribution is -1.94. The SMILES string of the molecule is CCOc1ccc(C=CC(=O)c2cn(C)nc2C)cc1. The first kappa shape index (κ1) is 14.1. The minimum absolute atomic E-state index is 0.0375. The molecule has 0 bridgehead atoms. The Bertz CT molecular complexity index is 624. The maximum absolute atomic E-state index is 12.1. The first-order valence-corrected chi connectivity index (χ1v) is 6.55. The van der Waals surface area contributed by atoms with Crippen molar-refractivity contribution in [3.63, 3.8) is 0 Å². The highest BCUT2D eigenvalue weighted by atomic mass is 16.5. The van der Waals surface area contributed by atoms with Crippen molar-refractivity contribution in [2.45, 2.75) is 13.8 Å². The number of nitrogens with zero attached hydrogens (tertiary/aromatic N) is 2. The third kappa shape index (κ3) is 3.35. The van der Waals surface area contributed by atoms with E-state index in [0.29, 0.717) is 12.2 Å². The number of carbonyl (C=O) groups is 1. The van der Waals surface area contributed by atoms with Crippen LogP contribution in [0.1, 0.15) is 28.5 Å². The fourth-order valence-electron chi connectivity index (χ4n) is 1.95. The molecule has 0 radical (unpaired) electrons. The topological polar surface area (TPSA) is 44.1 Å². The summed E-state index contributed by atoms with van der Waals surface area (Å²) in [5, 5.41) is 4.16. The zero-order valence-corrected chi connectivity index (χ0v) is 12.0. The molecular formula is C16H18N2O2. The van der Waals surface area contributed by atoms with Crippen LogP contribution in [-0.4, -0.2) is 22.2 Å². The number of hydrogen-bond acceptors (Lipinski definition) is 3. The second-order valence-electron chi connectivity index (χ2n) is 4.50. The predicted octanol–water partition coefficient (Wildman–Crippen LogP) is 3.02. The molecule has 2 aromatic rings. The second kappa shape index (κ2) is 6.19. The molecule has 4 heteroatoms. The maximum Gasteiger partial charge on any atom is 0.189 e. The molecule has 1 heterocycles. The molecule has 0 amide bonds. The Hall–Kier alpha value is -2.36. The zero-order valence-electron chi connectivity index (χ0n) is 12.0. The van der Waals surface area contributed by atoms with E-state index in [9.17, 15) is 4.79 Å². The minimum Gasteiger partial charge on any atom is -0.494 e. The Kier molecular flexibility index (Phi) is 4.35. The quantitative estimate of drug-likeness (QED) is 0.619. The van der Waals surface area contributed by atoms with Gasteiger partial charge in [0.05, 0.1) is 17.9 Å². The van der Waals surface area contributed by atoms with Gasteiger partial charge in [0.2, 0.25) is 0 Å². The van der Waals surface area contributed by atoms with Crippen molar-refractivity contribution in [2.75, 3.05) is 6.61 Å². The predicted molar refractivity (Wildman–Crippen MR) is 78.9 cm³/mol. The van der Waals surface area contributed by atoms with Crippen LogP contribution in [0, 0.1) is 6.92 Å². The number of carbonyl (C=O) groups excluding carboxylic acids is 1. The van der Waals surface area contributed by atoms with Gasteiger partial charge >= 0.3 is 0 Å². The van der Waals surface area contributed by atoms with E-state index in [2.05, 4.69) is 5.10 Å². The van der Waals surface area contributed by atoms with Gasteiger partial charge in [0.25, 0.3) is 0 Å². The summed E-state index contributed by atoms with van der Waals surface area (Å²) in [6.45, 7) is 4.43. The molecule has 1 aromatic carbocycles. The summed E-state index contributed by atoms with van der Waals surface area (Å²) in [6, 6.07) is 7.63. The van der Waals surface area contributed by atoms with E-state index in [1.807, 2.05) is 38.1 Å². The molecule has 2 rings (SSSR count).